The number of sulfonamides is 1. The fraction of sp³-hybridized carbons (Fsp3) is 0.133. The predicted octanol–water partition coefficient (Wildman–Crippen LogP) is 1.74. The molecular formula is C15H14F2N2O4S. The maximum atomic E-state index is 13.5. The van der Waals surface area contributed by atoms with Crippen molar-refractivity contribution in [1.29, 1.82) is 0 Å². The highest BCUT2D eigenvalue weighted by molar-refractivity contribution is 7.89. The number of carbonyl (C=O) groups excluding carboxylic acids is 1. The van der Waals surface area contributed by atoms with Gasteiger partial charge in [-0.1, -0.05) is 24.3 Å². The lowest BCUT2D eigenvalue weighted by atomic mass is 10.3. The van der Waals surface area contributed by atoms with E-state index >= 15 is 0 Å². The van der Waals surface area contributed by atoms with Gasteiger partial charge in [0.15, 0.2) is 17.7 Å². The highest BCUT2D eigenvalue weighted by Crippen LogP contribution is 2.17. The van der Waals surface area contributed by atoms with E-state index in [2.05, 4.69) is 0 Å². The van der Waals surface area contributed by atoms with Gasteiger partial charge in [0.1, 0.15) is 10.7 Å². The Labute approximate surface area is 137 Å². The fourth-order valence-corrected chi connectivity index (χ4v) is 2.65. The summed E-state index contributed by atoms with van der Waals surface area (Å²) in [6.07, 6.45) is -1.19. The molecule has 128 valence electrons. The van der Waals surface area contributed by atoms with Crippen LogP contribution in [0.4, 0.5) is 8.78 Å². The number of nitrogens with one attached hydrogen (secondary N) is 2. The molecule has 2 rings (SSSR count). The van der Waals surface area contributed by atoms with E-state index in [1.165, 1.54) is 37.3 Å². The molecule has 0 aromatic heterocycles. The number of carbonyl (C=O) groups is 1. The van der Waals surface area contributed by atoms with Gasteiger partial charge in [-0.15, -0.1) is 4.83 Å². The molecule has 0 heterocycles. The van der Waals surface area contributed by atoms with Crippen molar-refractivity contribution in [2.45, 2.75) is 17.9 Å². The molecule has 0 bridgehead atoms. The lowest BCUT2D eigenvalue weighted by Crippen LogP contribution is -2.47. The molecule has 2 aromatic rings. The fourth-order valence-electron chi connectivity index (χ4n) is 1.72. The van der Waals surface area contributed by atoms with Gasteiger partial charge in [0, 0.05) is 0 Å². The van der Waals surface area contributed by atoms with Crippen LogP contribution in [0.25, 0.3) is 0 Å². The molecule has 0 saturated carbocycles. The van der Waals surface area contributed by atoms with Gasteiger partial charge in [-0.05, 0) is 31.2 Å². The first kappa shape index (κ1) is 17.8. The smallest absolute Gasteiger partial charge is 0.275 e. The number of benzene rings is 2. The number of rotatable bonds is 6. The monoisotopic (exact) mass is 356 g/mol. The molecule has 0 aliphatic carbocycles. The zero-order chi connectivity index (χ0) is 17.7. The summed E-state index contributed by atoms with van der Waals surface area (Å²) in [5, 5.41) is 0. The van der Waals surface area contributed by atoms with Crippen LogP contribution in [0, 0.1) is 11.6 Å². The molecule has 1 amide bonds. The molecule has 6 nitrogen and oxygen atoms in total. The lowest BCUT2D eigenvalue weighted by molar-refractivity contribution is -0.127. The van der Waals surface area contributed by atoms with Crippen molar-refractivity contribution < 1.29 is 26.7 Å². The molecule has 0 saturated heterocycles. The van der Waals surface area contributed by atoms with Crippen molar-refractivity contribution in [3.05, 3.63) is 60.2 Å². The third-order valence-corrected chi connectivity index (χ3v) is 4.23. The number of ether oxygens (including phenoxy) is 1. The summed E-state index contributed by atoms with van der Waals surface area (Å²) < 4.78 is 55.9. The number of hydrogen-bond acceptors (Lipinski definition) is 4. The molecular weight excluding hydrogens is 342 g/mol. The van der Waals surface area contributed by atoms with Crippen LogP contribution in [0.5, 0.6) is 5.75 Å². The van der Waals surface area contributed by atoms with Gasteiger partial charge in [-0.3, -0.25) is 10.2 Å². The summed E-state index contributed by atoms with van der Waals surface area (Å²) in [4.78, 5) is 13.0. The Kier molecular flexibility index (Phi) is 5.47. The quantitative estimate of drug-likeness (QED) is 0.772. The van der Waals surface area contributed by atoms with E-state index in [0.717, 1.165) is 18.2 Å². The zero-order valence-corrected chi connectivity index (χ0v) is 13.3. The third kappa shape index (κ3) is 4.27. The molecule has 0 aliphatic rings. The van der Waals surface area contributed by atoms with E-state index in [4.69, 9.17) is 4.74 Å². The van der Waals surface area contributed by atoms with Crippen LogP contribution in [0.2, 0.25) is 0 Å². The highest BCUT2D eigenvalue weighted by atomic mass is 32.2. The Bertz CT molecular complexity index is 843. The van der Waals surface area contributed by atoms with Gasteiger partial charge in [-0.25, -0.2) is 17.2 Å². The maximum absolute atomic E-state index is 13.5. The topological polar surface area (TPSA) is 84.5 Å². The van der Waals surface area contributed by atoms with Crippen LogP contribution in [-0.4, -0.2) is 20.4 Å². The van der Waals surface area contributed by atoms with E-state index in [9.17, 15) is 22.0 Å². The van der Waals surface area contributed by atoms with E-state index < -0.39 is 38.6 Å². The van der Waals surface area contributed by atoms with Crippen molar-refractivity contribution >= 4 is 15.9 Å². The molecule has 24 heavy (non-hydrogen) atoms. The van der Waals surface area contributed by atoms with Gasteiger partial charge in [-0.2, -0.15) is 0 Å². The second kappa shape index (κ2) is 7.37. The van der Waals surface area contributed by atoms with Crippen molar-refractivity contribution in [1.82, 2.24) is 10.3 Å². The minimum Gasteiger partial charge on any atom is -0.478 e. The molecule has 0 unspecified atom stereocenters. The summed E-state index contributed by atoms with van der Waals surface area (Å²) in [5.74, 6) is -2.66. The Hall–Kier alpha value is -2.52. The van der Waals surface area contributed by atoms with Crippen LogP contribution in [0.15, 0.2) is 53.4 Å². The second-order valence-corrected chi connectivity index (χ2v) is 6.37. The van der Waals surface area contributed by atoms with Crippen LogP contribution in [0.3, 0.4) is 0 Å². The standard InChI is InChI=1S/C15H14F2N2O4S/c1-10(23-13-8-4-2-6-11(13)16)15(20)18-19-24(21,22)14-9-5-3-7-12(14)17/h2-10,19H,1H3,(H,18,20)/t10-/m1/s1. The van der Waals surface area contributed by atoms with E-state index in [1.807, 2.05) is 5.43 Å². The number of halogens is 2. The largest absolute Gasteiger partial charge is 0.478 e. The van der Waals surface area contributed by atoms with Gasteiger partial charge < -0.3 is 4.74 Å². The molecule has 2 aromatic carbocycles. The van der Waals surface area contributed by atoms with Gasteiger partial charge >= 0.3 is 0 Å². The number of para-hydroxylation sites is 1. The van der Waals surface area contributed by atoms with E-state index in [-0.39, 0.29) is 5.75 Å². The van der Waals surface area contributed by atoms with Crippen molar-refractivity contribution in [2.24, 2.45) is 0 Å². The first-order valence-corrected chi connectivity index (χ1v) is 8.27. The Morgan fingerprint density at radius 3 is 2.25 bits per heavy atom. The van der Waals surface area contributed by atoms with E-state index in [1.54, 1.807) is 4.83 Å². The number of hydrazine groups is 1. The Morgan fingerprint density at radius 2 is 1.62 bits per heavy atom. The molecule has 0 spiro atoms. The maximum Gasteiger partial charge on any atom is 0.275 e. The van der Waals surface area contributed by atoms with Gasteiger partial charge in [0.05, 0.1) is 0 Å². The molecule has 2 N–H and O–H groups in total. The van der Waals surface area contributed by atoms with Crippen LogP contribution < -0.4 is 15.0 Å². The number of amides is 1. The van der Waals surface area contributed by atoms with Gasteiger partial charge in [0.2, 0.25) is 0 Å². The zero-order valence-electron chi connectivity index (χ0n) is 12.5. The minimum absolute atomic E-state index is 0.155. The predicted molar refractivity (Wildman–Crippen MR) is 81.4 cm³/mol. The summed E-state index contributed by atoms with van der Waals surface area (Å²) in [7, 11) is -4.29. The lowest BCUT2D eigenvalue weighted by Gasteiger charge is -2.15. The minimum atomic E-state index is -4.29. The van der Waals surface area contributed by atoms with Crippen LogP contribution in [-0.2, 0) is 14.8 Å². The molecule has 0 radical (unpaired) electrons. The van der Waals surface area contributed by atoms with Crippen LogP contribution >= 0.6 is 0 Å². The average molecular weight is 356 g/mol. The van der Waals surface area contributed by atoms with Crippen molar-refractivity contribution in [2.75, 3.05) is 0 Å². The second-order valence-electron chi connectivity index (χ2n) is 4.72. The van der Waals surface area contributed by atoms with Crippen molar-refractivity contribution in [3.63, 3.8) is 0 Å². The van der Waals surface area contributed by atoms with E-state index in [0.29, 0.717) is 0 Å². The molecule has 0 fully saturated rings. The molecule has 1 atom stereocenters. The Morgan fingerprint density at radius 1 is 1.04 bits per heavy atom. The average Bonchev–Trinajstić information content (AvgIpc) is 2.55. The highest BCUT2D eigenvalue weighted by Gasteiger charge is 2.22. The van der Waals surface area contributed by atoms with Gasteiger partial charge in [0.25, 0.3) is 15.9 Å². The molecule has 0 aliphatic heterocycles. The van der Waals surface area contributed by atoms with Crippen LogP contribution in [0.1, 0.15) is 6.92 Å². The summed E-state index contributed by atoms with van der Waals surface area (Å²) in [6, 6.07) is 10.1. The summed E-state index contributed by atoms with van der Waals surface area (Å²) in [5.41, 5.74) is 1.90. The third-order valence-electron chi connectivity index (χ3n) is 2.94. The number of hydrogen-bond donors (Lipinski definition) is 2. The first-order chi connectivity index (χ1) is 11.3. The summed E-state index contributed by atoms with van der Waals surface area (Å²) in [6.45, 7) is 1.30. The molecule has 9 heteroatoms. The first-order valence-electron chi connectivity index (χ1n) is 6.78. The van der Waals surface area contributed by atoms with Crippen molar-refractivity contribution in [3.8, 4) is 5.75 Å². The normalized spacial score (nSPS) is 12.5. The SMILES string of the molecule is C[C@@H](Oc1ccccc1F)C(=O)NNS(=O)(=O)c1ccccc1F. The summed E-state index contributed by atoms with van der Waals surface area (Å²) >= 11 is 0. The Balaban J connectivity index is 2.00.